The molecule has 0 aliphatic heterocycles. The van der Waals surface area contributed by atoms with E-state index in [0.717, 1.165) is 18.4 Å². The normalized spacial score (nSPS) is 12.9. The van der Waals surface area contributed by atoms with Crippen LogP contribution in [0.25, 0.3) is 0 Å². The number of rotatable bonds is 4. The van der Waals surface area contributed by atoms with Crippen molar-refractivity contribution in [3.8, 4) is 0 Å². The third-order valence-electron chi connectivity index (χ3n) is 2.23. The lowest BCUT2D eigenvalue weighted by atomic mass is 9.98. The number of hydrogen-bond donors (Lipinski definition) is 1. The monoisotopic (exact) mass is 259 g/mol. The fraction of sp³-hybridized carbons (Fsp3) is 0.455. The van der Waals surface area contributed by atoms with Crippen LogP contribution in [-0.2, 0) is 6.42 Å². The largest absolute Gasteiger partial charge is 0.330 e. The molecular formula is C11H15BrFN. The van der Waals surface area contributed by atoms with Gasteiger partial charge in [0.15, 0.2) is 0 Å². The molecule has 1 nitrogen and oxygen atoms in total. The topological polar surface area (TPSA) is 26.0 Å². The average molecular weight is 260 g/mol. The first kappa shape index (κ1) is 11.7. The van der Waals surface area contributed by atoms with E-state index in [1.54, 1.807) is 0 Å². The number of benzene rings is 1. The van der Waals surface area contributed by atoms with Gasteiger partial charge >= 0.3 is 0 Å². The van der Waals surface area contributed by atoms with Crippen LogP contribution < -0.4 is 5.73 Å². The molecule has 0 aromatic heterocycles. The van der Waals surface area contributed by atoms with E-state index in [0.29, 0.717) is 16.9 Å². The Balaban J connectivity index is 2.63. The lowest BCUT2D eigenvalue weighted by molar-refractivity contribution is 0.537. The predicted molar refractivity (Wildman–Crippen MR) is 60.6 cm³/mol. The molecule has 14 heavy (non-hydrogen) atoms. The highest BCUT2D eigenvalue weighted by Gasteiger charge is 2.05. The van der Waals surface area contributed by atoms with E-state index in [2.05, 4.69) is 22.9 Å². The minimum atomic E-state index is -0.208. The van der Waals surface area contributed by atoms with Crippen molar-refractivity contribution in [3.05, 3.63) is 34.1 Å². The second-order valence-electron chi connectivity index (χ2n) is 3.64. The lowest BCUT2D eigenvalue weighted by Crippen LogP contribution is -2.08. The molecule has 1 unspecified atom stereocenters. The SMILES string of the molecule is CC(CCN)Cc1ccc(F)c(Br)c1. The maximum atomic E-state index is 12.9. The van der Waals surface area contributed by atoms with Gasteiger partial charge in [0.25, 0.3) is 0 Å². The van der Waals surface area contributed by atoms with Gasteiger partial charge in [-0.3, -0.25) is 0 Å². The Morgan fingerprint density at radius 2 is 2.21 bits per heavy atom. The molecule has 0 heterocycles. The molecule has 0 saturated heterocycles. The molecule has 1 atom stereocenters. The molecule has 0 aliphatic rings. The third kappa shape index (κ3) is 3.39. The standard InChI is InChI=1S/C11H15BrFN/c1-8(4-5-14)6-9-2-3-11(13)10(12)7-9/h2-3,7-8H,4-6,14H2,1H3. The highest BCUT2D eigenvalue weighted by atomic mass is 79.9. The second-order valence-corrected chi connectivity index (χ2v) is 4.49. The molecule has 0 amide bonds. The van der Waals surface area contributed by atoms with Crippen LogP contribution in [0.3, 0.4) is 0 Å². The van der Waals surface area contributed by atoms with Gasteiger partial charge in [-0.1, -0.05) is 13.0 Å². The Hall–Kier alpha value is -0.410. The van der Waals surface area contributed by atoms with Gasteiger partial charge in [0.05, 0.1) is 4.47 Å². The van der Waals surface area contributed by atoms with Crippen LogP contribution in [0.2, 0.25) is 0 Å². The van der Waals surface area contributed by atoms with Gasteiger partial charge < -0.3 is 5.73 Å². The van der Waals surface area contributed by atoms with Gasteiger partial charge in [0, 0.05) is 0 Å². The van der Waals surface area contributed by atoms with E-state index in [-0.39, 0.29) is 5.82 Å². The van der Waals surface area contributed by atoms with Crippen LogP contribution in [0.15, 0.2) is 22.7 Å². The van der Waals surface area contributed by atoms with Crippen molar-refractivity contribution in [3.63, 3.8) is 0 Å². The maximum Gasteiger partial charge on any atom is 0.137 e. The summed E-state index contributed by atoms with van der Waals surface area (Å²) >= 11 is 3.18. The third-order valence-corrected chi connectivity index (χ3v) is 2.84. The van der Waals surface area contributed by atoms with Crippen molar-refractivity contribution in [1.29, 1.82) is 0 Å². The summed E-state index contributed by atoms with van der Waals surface area (Å²) in [6.45, 7) is 2.87. The van der Waals surface area contributed by atoms with Gasteiger partial charge in [-0.2, -0.15) is 0 Å². The van der Waals surface area contributed by atoms with Gasteiger partial charge in [0.1, 0.15) is 5.82 Å². The van der Waals surface area contributed by atoms with E-state index in [4.69, 9.17) is 5.73 Å². The van der Waals surface area contributed by atoms with Gasteiger partial charge in [0.2, 0.25) is 0 Å². The Kier molecular flexibility index (Phi) is 4.55. The molecule has 2 N–H and O–H groups in total. The quantitative estimate of drug-likeness (QED) is 0.884. The molecule has 0 saturated carbocycles. The molecule has 0 spiro atoms. The number of hydrogen-bond acceptors (Lipinski definition) is 1. The van der Waals surface area contributed by atoms with Crippen molar-refractivity contribution in [1.82, 2.24) is 0 Å². The highest BCUT2D eigenvalue weighted by molar-refractivity contribution is 9.10. The van der Waals surface area contributed by atoms with Crippen LogP contribution in [0, 0.1) is 11.7 Å². The fourth-order valence-electron chi connectivity index (χ4n) is 1.46. The Morgan fingerprint density at radius 3 is 2.79 bits per heavy atom. The van der Waals surface area contributed by atoms with Crippen molar-refractivity contribution >= 4 is 15.9 Å². The molecular weight excluding hydrogens is 245 g/mol. The Morgan fingerprint density at radius 1 is 1.50 bits per heavy atom. The molecule has 0 fully saturated rings. The maximum absolute atomic E-state index is 12.9. The van der Waals surface area contributed by atoms with Crippen LogP contribution in [0.1, 0.15) is 18.9 Å². The summed E-state index contributed by atoms with van der Waals surface area (Å²) in [5.74, 6) is 0.345. The summed E-state index contributed by atoms with van der Waals surface area (Å²) in [7, 11) is 0. The van der Waals surface area contributed by atoms with Crippen LogP contribution in [0.4, 0.5) is 4.39 Å². The molecule has 0 radical (unpaired) electrons. The van der Waals surface area contributed by atoms with E-state index >= 15 is 0 Å². The zero-order valence-electron chi connectivity index (χ0n) is 8.26. The molecule has 0 bridgehead atoms. The summed E-state index contributed by atoms with van der Waals surface area (Å²) in [4.78, 5) is 0. The van der Waals surface area contributed by atoms with Crippen molar-refractivity contribution < 1.29 is 4.39 Å². The summed E-state index contributed by atoms with van der Waals surface area (Å²) in [5, 5.41) is 0. The predicted octanol–water partition coefficient (Wildman–Crippen LogP) is 3.12. The van der Waals surface area contributed by atoms with Crippen LogP contribution >= 0.6 is 15.9 Å². The Labute approximate surface area is 92.6 Å². The smallest absolute Gasteiger partial charge is 0.137 e. The van der Waals surface area contributed by atoms with Crippen LogP contribution in [-0.4, -0.2) is 6.54 Å². The van der Waals surface area contributed by atoms with E-state index in [1.165, 1.54) is 6.07 Å². The van der Waals surface area contributed by atoms with Crippen molar-refractivity contribution in [2.75, 3.05) is 6.54 Å². The molecule has 78 valence electrons. The average Bonchev–Trinajstić information content (AvgIpc) is 2.12. The van der Waals surface area contributed by atoms with Crippen LogP contribution in [0.5, 0.6) is 0 Å². The van der Waals surface area contributed by atoms with Crippen molar-refractivity contribution in [2.24, 2.45) is 11.7 Å². The van der Waals surface area contributed by atoms with E-state index < -0.39 is 0 Å². The first-order valence-electron chi connectivity index (χ1n) is 4.77. The van der Waals surface area contributed by atoms with Gasteiger partial charge in [-0.05, 0) is 58.9 Å². The zero-order valence-corrected chi connectivity index (χ0v) is 9.85. The first-order chi connectivity index (χ1) is 6.63. The van der Waals surface area contributed by atoms with E-state index in [9.17, 15) is 4.39 Å². The zero-order chi connectivity index (χ0) is 10.6. The Bertz CT molecular complexity index is 301. The summed E-state index contributed by atoms with van der Waals surface area (Å²) in [6, 6.07) is 5.16. The highest BCUT2D eigenvalue weighted by Crippen LogP contribution is 2.19. The van der Waals surface area contributed by atoms with Gasteiger partial charge in [-0.25, -0.2) is 4.39 Å². The minimum Gasteiger partial charge on any atom is -0.330 e. The number of halogens is 2. The number of nitrogens with two attached hydrogens (primary N) is 1. The summed E-state index contributed by atoms with van der Waals surface area (Å²) < 4.78 is 13.5. The molecule has 1 rings (SSSR count). The van der Waals surface area contributed by atoms with Gasteiger partial charge in [-0.15, -0.1) is 0 Å². The van der Waals surface area contributed by atoms with E-state index in [1.807, 2.05) is 12.1 Å². The lowest BCUT2D eigenvalue weighted by Gasteiger charge is -2.10. The second kappa shape index (κ2) is 5.47. The summed E-state index contributed by atoms with van der Waals surface area (Å²) in [5.41, 5.74) is 6.62. The minimum absolute atomic E-state index is 0.208. The fourth-order valence-corrected chi connectivity index (χ4v) is 1.88. The summed E-state index contributed by atoms with van der Waals surface area (Å²) in [6.07, 6.45) is 1.96. The molecule has 3 heteroatoms. The van der Waals surface area contributed by atoms with Crippen molar-refractivity contribution in [2.45, 2.75) is 19.8 Å². The molecule has 1 aromatic carbocycles. The molecule has 0 aliphatic carbocycles. The molecule has 1 aromatic rings. The first-order valence-corrected chi connectivity index (χ1v) is 5.56.